The number of esters is 2. The van der Waals surface area contributed by atoms with Crippen LogP contribution < -0.4 is 0 Å². The molecule has 0 aromatic heterocycles. The van der Waals surface area contributed by atoms with Crippen LogP contribution in [0.2, 0.25) is 0 Å². The number of aliphatic hydroxyl groups excluding tert-OH is 1. The second-order valence-electron chi connectivity index (χ2n) is 8.41. The Bertz CT molecular complexity index is 408. The fraction of sp³-hybridized carbons (Fsp3) is 0.882. The summed E-state index contributed by atoms with van der Waals surface area (Å²) in [4.78, 5) is 23.6. The molecule has 0 heterocycles. The average Bonchev–Trinajstić information content (AvgIpc) is 2.38. The predicted octanol–water partition coefficient (Wildman–Crippen LogP) is 2.85. The van der Waals surface area contributed by atoms with Gasteiger partial charge >= 0.3 is 11.9 Å². The maximum atomic E-state index is 12.6. The number of carbonyl (C=O) groups is 2. The first kappa shape index (κ1) is 22.2. The Morgan fingerprint density at radius 1 is 1.00 bits per heavy atom. The molecule has 0 spiro atoms. The Morgan fingerprint density at radius 3 is 1.87 bits per heavy atom. The molecule has 0 aliphatic carbocycles. The van der Waals surface area contributed by atoms with E-state index in [1.165, 1.54) is 0 Å². The molecule has 0 radical (unpaired) electrons. The zero-order valence-electron chi connectivity index (χ0n) is 15.4. The summed E-state index contributed by atoms with van der Waals surface area (Å²) < 4.78 is 10.1. The highest BCUT2D eigenvalue weighted by Gasteiger charge is 2.47. The van der Waals surface area contributed by atoms with Gasteiger partial charge < -0.3 is 14.6 Å². The fourth-order valence-corrected chi connectivity index (χ4v) is 2.41. The van der Waals surface area contributed by atoms with E-state index in [1.54, 1.807) is 0 Å². The second-order valence-corrected chi connectivity index (χ2v) is 8.73. The Morgan fingerprint density at radius 2 is 1.48 bits per heavy atom. The van der Waals surface area contributed by atoms with E-state index in [-0.39, 0.29) is 35.8 Å². The molecule has 0 bridgehead atoms. The van der Waals surface area contributed by atoms with Gasteiger partial charge in [-0.15, -0.1) is 0 Å². The normalized spacial score (nSPS) is 16.4. The summed E-state index contributed by atoms with van der Waals surface area (Å²) in [5.74, 6) is -0.925. The van der Waals surface area contributed by atoms with E-state index >= 15 is 0 Å². The maximum absolute atomic E-state index is 12.6. The van der Waals surface area contributed by atoms with Gasteiger partial charge in [-0.2, -0.15) is 12.6 Å². The molecule has 0 aromatic carbocycles. The summed E-state index contributed by atoms with van der Waals surface area (Å²) in [6.07, 6.45) is -0.380. The Hall–Kier alpha value is -0.750. The van der Waals surface area contributed by atoms with Crippen molar-refractivity contribution in [3.63, 3.8) is 0 Å². The minimum atomic E-state index is -1.04. The van der Waals surface area contributed by atoms with Crippen LogP contribution in [0.15, 0.2) is 0 Å². The van der Waals surface area contributed by atoms with Gasteiger partial charge in [0.15, 0.2) is 0 Å². The Balaban J connectivity index is 4.78. The summed E-state index contributed by atoms with van der Waals surface area (Å²) >= 11 is 3.77. The molecule has 2 unspecified atom stereocenters. The SMILES string of the molecule is CC(C)(C)CC(C)(C(=O)OCC(O)COC(=O)CS)C(C)(C)C. The van der Waals surface area contributed by atoms with Crippen molar-refractivity contribution in [3.05, 3.63) is 0 Å². The van der Waals surface area contributed by atoms with E-state index in [0.29, 0.717) is 6.42 Å². The first-order chi connectivity index (χ1) is 10.2. The molecule has 0 rings (SSSR count). The molecule has 6 heteroatoms. The van der Waals surface area contributed by atoms with Crippen molar-refractivity contribution in [3.8, 4) is 0 Å². The zero-order valence-corrected chi connectivity index (χ0v) is 16.3. The van der Waals surface area contributed by atoms with Crippen LogP contribution in [-0.2, 0) is 19.1 Å². The van der Waals surface area contributed by atoms with Crippen LogP contribution in [0.25, 0.3) is 0 Å². The van der Waals surface area contributed by atoms with Crippen LogP contribution >= 0.6 is 12.6 Å². The summed E-state index contributed by atoms with van der Waals surface area (Å²) in [7, 11) is 0. The molecule has 5 nitrogen and oxygen atoms in total. The van der Waals surface area contributed by atoms with Crippen LogP contribution in [0.3, 0.4) is 0 Å². The number of carbonyl (C=O) groups excluding carboxylic acids is 2. The van der Waals surface area contributed by atoms with Crippen molar-refractivity contribution in [2.45, 2.75) is 61.0 Å². The minimum absolute atomic E-state index is 0.0399. The number of aliphatic hydroxyl groups is 1. The molecule has 0 fully saturated rings. The molecule has 0 amide bonds. The Labute approximate surface area is 145 Å². The van der Waals surface area contributed by atoms with E-state index in [9.17, 15) is 14.7 Å². The van der Waals surface area contributed by atoms with E-state index in [2.05, 4.69) is 33.4 Å². The number of hydrogen-bond acceptors (Lipinski definition) is 6. The maximum Gasteiger partial charge on any atom is 0.315 e. The van der Waals surface area contributed by atoms with Crippen molar-refractivity contribution in [2.75, 3.05) is 19.0 Å². The molecule has 0 aliphatic rings. The lowest BCUT2D eigenvalue weighted by atomic mass is 9.61. The van der Waals surface area contributed by atoms with E-state index in [0.717, 1.165) is 0 Å². The van der Waals surface area contributed by atoms with E-state index in [4.69, 9.17) is 9.47 Å². The van der Waals surface area contributed by atoms with Crippen molar-refractivity contribution >= 4 is 24.6 Å². The van der Waals surface area contributed by atoms with Gasteiger partial charge in [0.1, 0.15) is 19.3 Å². The molecule has 0 saturated heterocycles. The van der Waals surface area contributed by atoms with Crippen LogP contribution in [0.4, 0.5) is 0 Å². The van der Waals surface area contributed by atoms with Crippen molar-refractivity contribution in [1.29, 1.82) is 0 Å². The number of ether oxygens (including phenoxy) is 2. The molecule has 136 valence electrons. The molecule has 0 saturated carbocycles. The third-order valence-electron chi connectivity index (χ3n) is 3.96. The van der Waals surface area contributed by atoms with Gasteiger partial charge in [-0.1, -0.05) is 41.5 Å². The van der Waals surface area contributed by atoms with Crippen molar-refractivity contribution in [1.82, 2.24) is 0 Å². The summed E-state index contributed by atoms with van der Waals surface area (Å²) in [5, 5.41) is 9.76. The molecular weight excluding hydrogens is 316 g/mol. The van der Waals surface area contributed by atoms with Crippen LogP contribution in [0, 0.1) is 16.2 Å². The van der Waals surface area contributed by atoms with Crippen LogP contribution in [-0.4, -0.2) is 42.1 Å². The van der Waals surface area contributed by atoms with E-state index in [1.807, 2.05) is 27.7 Å². The lowest BCUT2D eigenvalue weighted by Gasteiger charge is -2.43. The number of rotatable bonds is 7. The third-order valence-corrected chi connectivity index (χ3v) is 4.22. The predicted molar refractivity (Wildman–Crippen MR) is 93.4 cm³/mol. The molecule has 2 atom stereocenters. The quantitative estimate of drug-likeness (QED) is 0.547. The van der Waals surface area contributed by atoms with Gasteiger partial charge in [0.25, 0.3) is 0 Å². The lowest BCUT2D eigenvalue weighted by molar-refractivity contribution is -0.169. The zero-order chi connectivity index (χ0) is 18.5. The van der Waals surface area contributed by atoms with Crippen molar-refractivity contribution < 1.29 is 24.2 Å². The lowest BCUT2D eigenvalue weighted by Crippen LogP contribution is -2.45. The molecule has 0 aliphatic heterocycles. The first-order valence-electron chi connectivity index (χ1n) is 7.85. The van der Waals surface area contributed by atoms with Gasteiger partial charge in [-0.3, -0.25) is 9.59 Å². The summed E-state index contributed by atoms with van der Waals surface area (Å²) in [6.45, 7) is 13.7. The third kappa shape index (κ3) is 7.57. The molecule has 23 heavy (non-hydrogen) atoms. The standard InChI is InChI=1S/C17H32O5S/c1-15(2,3)11-17(7,16(4,5)6)14(20)22-9-12(18)8-21-13(19)10-23/h12,18,23H,8-11H2,1-7H3. The minimum Gasteiger partial charge on any atom is -0.462 e. The van der Waals surface area contributed by atoms with Gasteiger partial charge in [-0.25, -0.2) is 0 Å². The number of thiol groups is 1. The Kier molecular flexibility index (Phi) is 8.10. The fourth-order valence-electron chi connectivity index (χ4n) is 2.32. The summed E-state index contributed by atoms with van der Waals surface area (Å²) in [6, 6.07) is 0. The second kappa shape index (κ2) is 8.38. The first-order valence-corrected chi connectivity index (χ1v) is 8.48. The van der Waals surface area contributed by atoms with Gasteiger partial charge in [0.2, 0.25) is 0 Å². The smallest absolute Gasteiger partial charge is 0.315 e. The number of hydrogen-bond donors (Lipinski definition) is 2. The van der Waals surface area contributed by atoms with Gasteiger partial charge in [0, 0.05) is 0 Å². The van der Waals surface area contributed by atoms with Crippen LogP contribution in [0.1, 0.15) is 54.9 Å². The highest BCUT2D eigenvalue weighted by molar-refractivity contribution is 7.81. The molecule has 1 N–H and O–H groups in total. The highest BCUT2D eigenvalue weighted by Crippen LogP contribution is 2.47. The average molecular weight is 349 g/mol. The van der Waals surface area contributed by atoms with Crippen LogP contribution in [0.5, 0.6) is 0 Å². The topological polar surface area (TPSA) is 72.8 Å². The van der Waals surface area contributed by atoms with E-state index < -0.39 is 17.5 Å². The van der Waals surface area contributed by atoms with Crippen molar-refractivity contribution in [2.24, 2.45) is 16.2 Å². The largest absolute Gasteiger partial charge is 0.462 e. The van der Waals surface area contributed by atoms with Gasteiger partial charge in [-0.05, 0) is 24.2 Å². The monoisotopic (exact) mass is 348 g/mol. The van der Waals surface area contributed by atoms with Gasteiger partial charge in [0.05, 0.1) is 11.2 Å². The highest BCUT2D eigenvalue weighted by atomic mass is 32.1. The molecule has 0 aromatic rings. The molecular formula is C17H32O5S. The summed E-state index contributed by atoms with van der Waals surface area (Å²) in [5.41, 5.74) is -1.02.